The quantitative estimate of drug-likeness (QED) is 0.357. The van der Waals surface area contributed by atoms with Crippen LogP contribution in [0.2, 0.25) is 0 Å². The number of aryl methyl sites for hydroxylation is 1. The highest BCUT2D eigenvalue weighted by Gasteiger charge is 2.19. The molecule has 9 nitrogen and oxygen atoms in total. The Hall–Kier alpha value is -3.21. The maximum Gasteiger partial charge on any atom is 0.240 e. The first-order chi connectivity index (χ1) is 17.8. The summed E-state index contributed by atoms with van der Waals surface area (Å²) >= 11 is 0. The van der Waals surface area contributed by atoms with Crippen molar-refractivity contribution in [1.29, 1.82) is 0 Å². The van der Waals surface area contributed by atoms with Gasteiger partial charge in [-0.3, -0.25) is 0 Å². The molecule has 1 aliphatic rings. The van der Waals surface area contributed by atoms with Gasteiger partial charge in [0, 0.05) is 61.0 Å². The van der Waals surface area contributed by atoms with E-state index in [0.717, 1.165) is 50.3 Å². The van der Waals surface area contributed by atoms with Gasteiger partial charge in [0.1, 0.15) is 5.82 Å². The molecular formula is C27H37N7O2S. The third-order valence-electron chi connectivity index (χ3n) is 6.68. The summed E-state index contributed by atoms with van der Waals surface area (Å²) in [5, 5.41) is 6.52. The van der Waals surface area contributed by atoms with E-state index in [0.29, 0.717) is 17.5 Å². The topological polar surface area (TPSA) is 102 Å². The van der Waals surface area contributed by atoms with Crippen molar-refractivity contribution in [2.24, 2.45) is 0 Å². The first-order valence-electron chi connectivity index (χ1n) is 12.8. The van der Waals surface area contributed by atoms with Crippen molar-refractivity contribution in [2.75, 3.05) is 48.8 Å². The zero-order valence-electron chi connectivity index (χ0n) is 22.0. The molecule has 0 atom stereocenters. The highest BCUT2D eigenvalue weighted by atomic mass is 32.2. The lowest BCUT2D eigenvalue weighted by Gasteiger charge is -2.34. The average Bonchev–Trinajstić information content (AvgIpc) is 2.90. The van der Waals surface area contributed by atoms with Crippen LogP contribution in [-0.2, 0) is 10.0 Å². The molecule has 3 N–H and O–H groups in total. The van der Waals surface area contributed by atoms with E-state index >= 15 is 0 Å². The van der Waals surface area contributed by atoms with Crippen LogP contribution in [0.15, 0.2) is 59.6 Å². The third kappa shape index (κ3) is 6.97. The number of rotatable bonds is 10. The first-order valence-corrected chi connectivity index (χ1v) is 14.3. The number of hydrogen-bond donors (Lipinski definition) is 3. The largest absolute Gasteiger partial charge is 0.369 e. The molecule has 3 aromatic rings. The molecule has 4 rings (SSSR count). The number of benzene rings is 2. The van der Waals surface area contributed by atoms with E-state index < -0.39 is 10.0 Å². The molecule has 0 unspecified atom stereocenters. The molecule has 0 amide bonds. The van der Waals surface area contributed by atoms with Gasteiger partial charge < -0.3 is 20.4 Å². The molecule has 0 aliphatic carbocycles. The van der Waals surface area contributed by atoms with Crippen molar-refractivity contribution in [3.05, 3.63) is 60.3 Å². The normalized spacial score (nSPS) is 14.7. The van der Waals surface area contributed by atoms with Crippen LogP contribution >= 0.6 is 0 Å². The lowest BCUT2D eigenvalue weighted by Crippen LogP contribution is -2.44. The van der Waals surface area contributed by atoms with E-state index in [-0.39, 0.29) is 10.9 Å². The summed E-state index contributed by atoms with van der Waals surface area (Å²) in [5.41, 5.74) is 3.59. The number of hydrogen-bond acceptors (Lipinski definition) is 8. The molecule has 0 saturated carbocycles. The summed E-state index contributed by atoms with van der Waals surface area (Å²) in [5.74, 6) is 1.06. The molecule has 0 radical (unpaired) electrons. The second-order valence-corrected chi connectivity index (χ2v) is 11.2. The minimum absolute atomic E-state index is 0.0880. The fourth-order valence-electron chi connectivity index (χ4n) is 4.20. The average molecular weight is 524 g/mol. The van der Waals surface area contributed by atoms with E-state index in [9.17, 15) is 8.42 Å². The summed E-state index contributed by atoms with van der Waals surface area (Å²) < 4.78 is 28.5. The smallest absolute Gasteiger partial charge is 0.240 e. The molecule has 1 saturated heterocycles. The molecule has 1 aromatic heterocycles. The molecule has 1 fully saturated rings. The highest BCUT2D eigenvalue weighted by Crippen LogP contribution is 2.25. The Morgan fingerprint density at radius 2 is 1.65 bits per heavy atom. The van der Waals surface area contributed by atoms with E-state index in [2.05, 4.69) is 54.3 Å². The summed E-state index contributed by atoms with van der Waals surface area (Å²) in [6, 6.07) is 15.0. The van der Waals surface area contributed by atoms with Crippen molar-refractivity contribution in [2.45, 2.75) is 44.6 Å². The Labute approximate surface area is 220 Å². The van der Waals surface area contributed by atoms with E-state index in [1.807, 2.05) is 39.0 Å². The Morgan fingerprint density at radius 1 is 0.946 bits per heavy atom. The van der Waals surface area contributed by atoms with E-state index in [1.165, 1.54) is 5.69 Å². The Balaban J connectivity index is 1.46. The van der Waals surface area contributed by atoms with Crippen LogP contribution in [0.1, 0.15) is 32.3 Å². The van der Waals surface area contributed by atoms with Crippen LogP contribution < -0.4 is 20.3 Å². The molecule has 10 heteroatoms. The van der Waals surface area contributed by atoms with E-state index in [1.54, 1.807) is 24.4 Å². The van der Waals surface area contributed by atoms with Crippen molar-refractivity contribution in [1.82, 2.24) is 19.6 Å². The predicted molar refractivity (Wildman–Crippen MR) is 151 cm³/mol. The van der Waals surface area contributed by atoms with Crippen LogP contribution in [-0.4, -0.2) is 62.6 Å². The second kappa shape index (κ2) is 11.9. The third-order valence-corrected chi connectivity index (χ3v) is 8.20. The van der Waals surface area contributed by atoms with Gasteiger partial charge in [0.2, 0.25) is 16.0 Å². The van der Waals surface area contributed by atoms with Gasteiger partial charge in [0.25, 0.3) is 0 Å². The van der Waals surface area contributed by atoms with Gasteiger partial charge in [-0.1, -0.05) is 19.9 Å². The summed E-state index contributed by atoms with van der Waals surface area (Å²) in [4.78, 5) is 14.0. The first kappa shape index (κ1) is 26.8. The van der Waals surface area contributed by atoms with Gasteiger partial charge >= 0.3 is 0 Å². The molecular weight excluding hydrogens is 486 g/mol. The Bertz CT molecular complexity index is 1290. The van der Waals surface area contributed by atoms with Crippen LogP contribution in [0.3, 0.4) is 0 Å². The number of likely N-dealkylation sites (N-methyl/N-ethyl adjacent to an activating group) is 1. The van der Waals surface area contributed by atoms with E-state index in [4.69, 9.17) is 0 Å². The van der Waals surface area contributed by atoms with Crippen LogP contribution in [0, 0.1) is 6.92 Å². The van der Waals surface area contributed by atoms with Gasteiger partial charge in [-0.15, -0.1) is 0 Å². The Morgan fingerprint density at radius 3 is 2.32 bits per heavy atom. The number of sulfonamides is 1. The summed E-state index contributed by atoms with van der Waals surface area (Å²) in [6.45, 7) is 10.0. The van der Waals surface area contributed by atoms with Gasteiger partial charge in [0.15, 0.2) is 0 Å². The van der Waals surface area contributed by atoms with Gasteiger partial charge in [-0.05, 0) is 69.3 Å². The summed E-state index contributed by atoms with van der Waals surface area (Å²) in [7, 11) is -1.46. The fourth-order valence-corrected chi connectivity index (χ4v) is 5.65. The molecule has 2 aromatic carbocycles. The number of piperazine rings is 1. The second-order valence-electron chi connectivity index (χ2n) is 9.47. The minimum Gasteiger partial charge on any atom is -0.369 e. The zero-order valence-corrected chi connectivity index (χ0v) is 22.8. The van der Waals surface area contributed by atoms with Crippen LogP contribution in [0.25, 0.3) is 0 Å². The maximum atomic E-state index is 12.8. The lowest BCUT2D eigenvalue weighted by atomic mass is 10.2. The molecule has 0 bridgehead atoms. The highest BCUT2D eigenvalue weighted by molar-refractivity contribution is 7.89. The molecule has 198 valence electrons. The number of aromatic nitrogens is 2. The maximum absolute atomic E-state index is 12.8. The molecule has 1 aliphatic heterocycles. The molecule has 0 spiro atoms. The number of nitrogens with zero attached hydrogens (tertiary/aromatic N) is 4. The number of nitrogens with one attached hydrogen (secondary N) is 3. The Kier molecular flexibility index (Phi) is 8.63. The SMILES string of the molecule is CCC(CC)NS(=O)(=O)c1cccc(Nc2nc(Nc3ccc(N4CCN(C)CC4)cc3)ncc2C)c1. The molecule has 37 heavy (non-hydrogen) atoms. The molecule has 2 heterocycles. The van der Waals surface area contributed by atoms with Crippen molar-refractivity contribution >= 4 is 38.9 Å². The van der Waals surface area contributed by atoms with Crippen LogP contribution in [0.5, 0.6) is 0 Å². The van der Waals surface area contributed by atoms with Gasteiger partial charge in [0.05, 0.1) is 4.90 Å². The summed E-state index contributed by atoms with van der Waals surface area (Å²) in [6.07, 6.45) is 3.22. The monoisotopic (exact) mass is 523 g/mol. The fraction of sp³-hybridized carbons (Fsp3) is 0.407. The standard InChI is InChI=1S/C27H37N7O2S/c1-5-21(6-2)32-37(35,36)25-9-7-8-23(18-25)29-26-20(3)19-28-27(31-26)30-22-10-12-24(13-11-22)34-16-14-33(4)15-17-34/h7-13,18-19,21,32H,5-6,14-17H2,1-4H3,(H2,28,29,30,31). The van der Waals surface area contributed by atoms with Gasteiger partial charge in [-0.2, -0.15) is 4.98 Å². The van der Waals surface area contributed by atoms with Crippen LogP contribution in [0.4, 0.5) is 28.8 Å². The van der Waals surface area contributed by atoms with Crippen molar-refractivity contribution in [3.8, 4) is 0 Å². The van der Waals surface area contributed by atoms with Crippen molar-refractivity contribution in [3.63, 3.8) is 0 Å². The minimum atomic E-state index is -3.61. The van der Waals surface area contributed by atoms with Gasteiger partial charge in [-0.25, -0.2) is 18.1 Å². The lowest BCUT2D eigenvalue weighted by molar-refractivity contribution is 0.313. The number of anilines is 5. The zero-order chi connectivity index (χ0) is 26.4. The predicted octanol–water partition coefficient (Wildman–Crippen LogP) is 4.49. The van der Waals surface area contributed by atoms with Crippen molar-refractivity contribution < 1.29 is 8.42 Å².